The van der Waals surface area contributed by atoms with Crippen LogP contribution in [0, 0.1) is 5.82 Å². The van der Waals surface area contributed by atoms with E-state index < -0.39 is 5.82 Å². The lowest BCUT2D eigenvalue weighted by Gasteiger charge is -2.32. The largest absolute Gasteiger partial charge is 0.493 e. The summed E-state index contributed by atoms with van der Waals surface area (Å²) in [7, 11) is 3.69. The number of hydrogen-bond acceptors (Lipinski definition) is 8. The van der Waals surface area contributed by atoms with Gasteiger partial charge in [-0.2, -0.15) is 0 Å². The Morgan fingerprint density at radius 1 is 1.18 bits per heavy atom. The lowest BCUT2D eigenvalue weighted by Crippen LogP contribution is -2.39. The molecule has 4 rings (SSSR count). The van der Waals surface area contributed by atoms with E-state index in [-0.39, 0.29) is 11.1 Å². The molecule has 1 aromatic heterocycles. The Labute approximate surface area is 227 Å². The van der Waals surface area contributed by atoms with Gasteiger partial charge in [0.1, 0.15) is 24.1 Å². The van der Waals surface area contributed by atoms with Crippen LogP contribution in [0.2, 0.25) is 5.02 Å². The number of hydrogen-bond donors (Lipinski definition) is 2. The molecule has 0 atom stereocenters. The molecule has 1 amide bonds. The van der Waals surface area contributed by atoms with Gasteiger partial charge in [0, 0.05) is 43.3 Å². The van der Waals surface area contributed by atoms with E-state index in [4.69, 9.17) is 21.1 Å². The zero-order chi connectivity index (χ0) is 26.9. The van der Waals surface area contributed by atoms with Gasteiger partial charge >= 0.3 is 0 Å². The molecule has 0 bridgehead atoms. The van der Waals surface area contributed by atoms with Crippen molar-refractivity contribution in [2.45, 2.75) is 25.4 Å². The fraction of sp³-hybridized carbons (Fsp3) is 0.444. The summed E-state index contributed by atoms with van der Waals surface area (Å²) in [4.78, 5) is 23.8. The molecule has 0 unspecified atom stereocenters. The van der Waals surface area contributed by atoms with E-state index in [1.807, 2.05) is 12.1 Å². The summed E-state index contributed by atoms with van der Waals surface area (Å²) in [5.41, 5.74) is 1.31. The number of fused-ring (bicyclic) bond motifs is 1. The highest BCUT2D eigenvalue weighted by atomic mass is 35.5. The first-order valence-corrected chi connectivity index (χ1v) is 13.1. The predicted octanol–water partition coefficient (Wildman–Crippen LogP) is 4.09. The summed E-state index contributed by atoms with van der Waals surface area (Å²) in [6.45, 7) is 5.49. The molecule has 2 aromatic carbocycles. The number of nitrogens with zero attached hydrogens (tertiary/aromatic N) is 4. The van der Waals surface area contributed by atoms with Crippen LogP contribution in [0.4, 0.5) is 15.9 Å². The van der Waals surface area contributed by atoms with Crippen molar-refractivity contribution in [2.75, 3.05) is 58.7 Å². The number of methoxy groups -OCH3 is 1. The van der Waals surface area contributed by atoms with Crippen molar-refractivity contribution in [3.63, 3.8) is 0 Å². The van der Waals surface area contributed by atoms with Crippen LogP contribution in [-0.4, -0.2) is 85.7 Å². The Hall–Kier alpha value is -3.21. The number of carbonyl (C=O) groups is 1. The first-order valence-electron chi connectivity index (χ1n) is 12.8. The molecule has 38 heavy (non-hydrogen) atoms. The third kappa shape index (κ3) is 7.43. The van der Waals surface area contributed by atoms with Crippen molar-refractivity contribution in [1.29, 1.82) is 0 Å². The fourth-order valence-electron chi connectivity index (χ4n) is 4.55. The number of carbonyl (C=O) groups excluding carboxylic acids is 1. The molecule has 9 nitrogen and oxygen atoms in total. The molecule has 2 N–H and O–H groups in total. The van der Waals surface area contributed by atoms with Crippen molar-refractivity contribution in [1.82, 2.24) is 25.1 Å². The first-order chi connectivity index (χ1) is 18.5. The highest BCUT2D eigenvalue weighted by molar-refractivity contribution is 6.31. The molecule has 3 aromatic rings. The van der Waals surface area contributed by atoms with E-state index in [1.54, 1.807) is 13.2 Å². The number of ether oxygens (including phenoxy) is 2. The zero-order valence-corrected chi connectivity index (χ0v) is 22.5. The number of piperidine rings is 1. The summed E-state index contributed by atoms with van der Waals surface area (Å²) in [6.07, 6.45) is 5.20. The van der Waals surface area contributed by atoms with Gasteiger partial charge in [0.15, 0.2) is 11.5 Å². The molecule has 0 spiro atoms. The molecule has 1 aliphatic heterocycles. The van der Waals surface area contributed by atoms with Gasteiger partial charge in [0.25, 0.3) is 0 Å². The maximum Gasteiger partial charge on any atom is 0.207 e. The monoisotopic (exact) mass is 544 g/mol. The topological polar surface area (TPSA) is 91.9 Å². The van der Waals surface area contributed by atoms with Crippen molar-refractivity contribution in [3.05, 3.63) is 47.5 Å². The third-order valence-electron chi connectivity index (χ3n) is 6.67. The lowest BCUT2D eigenvalue weighted by atomic mass is 10.1. The van der Waals surface area contributed by atoms with Crippen LogP contribution in [-0.2, 0) is 4.79 Å². The van der Waals surface area contributed by atoms with E-state index >= 15 is 0 Å². The van der Waals surface area contributed by atoms with Gasteiger partial charge in [0.05, 0.1) is 17.6 Å². The lowest BCUT2D eigenvalue weighted by molar-refractivity contribution is -0.109. The quantitative estimate of drug-likeness (QED) is 0.246. The number of aromatic nitrogens is 2. The van der Waals surface area contributed by atoms with Gasteiger partial charge < -0.3 is 29.9 Å². The van der Waals surface area contributed by atoms with Gasteiger partial charge in [-0.15, -0.1) is 0 Å². The molecule has 11 heteroatoms. The normalized spacial score (nSPS) is 14.6. The van der Waals surface area contributed by atoms with Gasteiger partial charge in [-0.25, -0.2) is 14.4 Å². The van der Waals surface area contributed by atoms with Crippen LogP contribution in [0.3, 0.4) is 0 Å². The number of amides is 1. The Bertz CT molecular complexity index is 1220. The number of likely N-dealkylation sites (N-methyl/N-ethyl adjacent to an activating group) is 1. The fourth-order valence-corrected chi connectivity index (χ4v) is 4.73. The minimum atomic E-state index is -0.479. The van der Waals surface area contributed by atoms with Crippen molar-refractivity contribution >= 4 is 40.4 Å². The molecule has 1 saturated heterocycles. The van der Waals surface area contributed by atoms with Crippen LogP contribution in [0.25, 0.3) is 10.9 Å². The maximum atomic E-state index is 13.6. The minimum Gasteiger partial charge on any atom is -0.493 e. The van der Waals surface area contributed by atoms with Crippen LogP contribution in [0.15, 0.2) is 36.7 Å². The average molecular weight is 545 g/mol. The third-order valence-corrected chi connectivity index (χ3v) is 6.96. The van der Waals surface area contributed by atoms with Crippen molar-refractivity contribution in [3.8, 4) is 11.5 Å². The SMILES string of the molecule is COc1cc2ncnc(Nc3ccc(F)c(Cl)c3)c2cc1OC1CCN(CCCN(C)CCNC=O)CC1. The van der Waals surface area contributed by atoms with Crippen LogP contribution >= 0.6 is 11.6 Å². The Morgan fingerprint density at radius 2 is 2.00 bits per heavy atom. The molecular weight excluding hydrogens is 511 g/mol. The van der Waals surface area contributed by atoms with Crippen LogP contribution in [0.5, 0.6) is 11.5 Å². The van der Waals surface area contributed by atoms with E-state index in [0.29, 0.717) is 35.1 Å². The molecule has 2 heterocycles. The molecule has 0 radical (unpaired) electrons. The van der Waals surface area contributed by atoms with Crippen molar-refractivity contribution in [2.24, 2.45) is 0 Å². The Kier molecular flexibility index (Phi) is 9.91. The highest BCUT2D eigenvalue weighted by Crippen LogP contribution is 2.36. The van der Waals surface area contributed by atoms with Gasteiger partial charge in [-0.05, 0) is 63.7 Å². The van der Waals surface area contributed by atoms with E-state index in [0.717, 1.165) is 63.8 Å². The van der Waals surface area contributed by atoms with E-state index in [9.17, 15) is 9.18 Å². The zero-order valence-electron chi connectivity index (χ0n) is 21.8. The summed E-state index contributed by atoms with van der Waals surface area (Å²) >= 11 is 5.94. The maximum absolute atomic E-state index is 13.6. The molecule has 1 fully saturated rings. The van der Waals surface area contributed by atoms with Crippen molar-refractivity contribution < 1.29 is 18.7 Å². The van der Waals surface area contributed by atoms with Crippen LogP contribution < -0.4 is 20.1 Å². The van der Waals surface area contributed by atoms with E-state index in [2.05, 4.69) is 37.4 Å². The highest BCUT2D eigenvalue weighted by Gasteiger charge is 2.22. The number of anilines is 2. The second-order valence-electron chi connectivity index (χ2n) is 9.38. The molecular formula is C27H34ClFN6O3. The summed E-state index contributed by atoms with van der Waals surface area (Å²) < 4.78 is 25.6. The number of nitrogens with one attached hydrogen (secondary N) is 2. The standard InChI is InChI=1S/C27H34ClFN6O3/c1-34(13-8-30-18-36)9-3-10-35-11-6-20(7-12-35)38-26-15-21-24(16-25(26)37-2)31-17-32-27(21)33-19-4-5-23(29)22(28)14-19/h4-5,14-18,20H,3,6-13H2,1-2H3,(H,30,36)(H,31,32,33). The smallest absolute Gasteiger partial charge is 0.207 e. The van der Waals surface area contributed by atoms with Gasteiger partial charge in [0.2, 0.25) is 6.41 Å². The first kappa shape index (κ1) is 27.8. The van der Waals surface area contributed by atoms with Gasteiger partial charge in [-0.1, -0.05) is 11.6 Å². The Morgan fingerprint density at radius 3 is 2.74 bits per heavy atom. The predicted molar refractivity (Wildman–Crippen MR) is 147 cm³/mol. The minimum absolute atomic E-state index is 0.0318. The number of likely N-dealkylation sites (tertiary alicyclic amines) is 1. The summed E-state index contributed by atoms with van der Waals surface area (Å²) in [5.74, 6) is 1.33. The second kappa shape index (κ2) is 13.5. The number of rotatable bonds is 13. The second-order valence-corrected chi connectivity index (χ2v) is 9.79. The number of benzene rings is 2. The molecule has 0 saturated carbocycles. The van der Waals surface area contributed by atoms with Gasteiger partial charge in [-0.3, -0.25) is 4.79 Å². The molecule has 1 aliphatic rings. The Balaban J connectivity index is 1.37. The van der Waals surface area contributed by atoms with E-state index in [1.165, 1.54) is 18.5 Å². The van der Waals surface area contributed by atoms with Crippen LogP contribution in [0.1, 0.15) is 19.3 Å². The average Bonchev–Trinajstić information content (AvgIpc) is 2.92. The molecule has 204 valence electrons. The number of halogens is 2. The molecule has 0 aliphatic carbocycles. The summed E-state index contributed by atoms with van der Waals surface area (Å²) in [6, 6.07) is 8.16. The summed E-state index contributed by atoms with van der Waals surface area (Å²) in [5, 5.41) is 6.69.